The van der Waals surface area contributed by atoms with Crippen molar-refractivity contribution in [2.24, 2.45) is 5.41 Å². The van der Waals surface area contributed by atoms with E-state index in [9.17, 15) is 57.9 Å². The van der Waals surface area contributed by atoms with Crippen LogP contribution in [-0.4, -0.2) is 103 Å². The lowest BCUT2D eigenvalue weighted by atomic mass is 9.87. The van der Waals surface area contributed by atoms with Gasteiger partial charge in [0.2, 0.25) is 11.8 Å². The summed E-state index contributed by atoms with van der Waals surface area (Å²) in [5.74, 6) is -1.19. The molecule has 0 spiro atoms. The number of carbonyl (C=O) groups is 3. The Morgan fingerprint density at radius 1 is 1.09 bits per heavy atom. The van der Waals surface area contributed by atoms with E-state index in [0.717, 1.165) is 29.0 Å². The Kier molecular flexibility index (Phi) is 17.1. The molecule has 24 nitrogen and oxygen atoms in total. The number of hydrogen-bond donors (Lipinski definition) is 5. The molecule has 0 saturated carbocycles. The second-order valence-corrected chi connectivity index (χ2v) is 17.5. The molecule has 2 unspecified atom stereocenters. The topological polar surface area (TPSA) is 375 Å². The van der Waals surface area contributed by atoms with Gasteiger partial charge in [-0.1, -0.05) is 37.8 Å². The van der Waals surface area contributed by atoms with Crippen LogP contribution >= 0.6 is 35.2 Å². The highest BCUT2D eigenvalue weighted by atomic mass is 32.2. The third-order valence-corrected chi connectivity index (χ3v) is 11.4. The second-order valence-electron chi connectivity index (χ2n) is 12.3. The fourth-order valence-electron chi connectivity index (χ4n) is 4.71. The molecule has 0 bridgehead atoms. The van der Waals surface area contributed by atoms with Crippen molar-refractivity contribution in [1.82, 2.24) is 30.2 Å². The summed E-state index contributed by atoms with van der Waals surface area (Å²) in [7, 11) is -17.6. The molecular weight excluding hydrogens is 819 g/mol. The van der Waals surface area contributed by atoms with E-state index in [1.807, 2.05) is 19.1 Å². The molecule has 2 aromatic rings. The first kappa shape index (κ1) is 46.7. The van der Waals surface area contributed by atoms with Crippen LogP contribution in [0.5, 0.6) is 0 Å². The van der Waals surface area contributed by atoms with E-state index < -0.39 is 84.6 Å². The number of amides is 2. The minimum atomic E-state index is -5.91. The molecule has 28 heteroatoms. The number of carbonyl (C=O) groups excluding carboxylic acids is 3. The highest BCUT2D eigenvalue weighted by molar-refractivity contribution is 8.13. The maximum Gasteiger partial charge on any atom is 0.274 e. The van der Waals surface area contributed by atoms with E-state index in [-0.39, 0.29) is 41.6 Å². The number of imidazole rings is 1. The van der Waals surface area contributed by atoms with Crippen molar-refractivity contribution in [1.29, 1.82) is 0 Å². The zero-order chi connectivity index (χ0) is 41.2. The van der Waals surface area contributed by atoms with Crippen molar-refractivity contribution in [2.45, 2.75) is 70.7 Å². The van der Waals surface area contributed by atoms with Gasteiger partial charge in [0.05, 0.1) is 27.4 Å². The lowest BCUT2D eigenvalue weighted by Gasteiger charge is -2.36. The Labute approximate surface area is 318 Å². The van der Waals surface area contributed by atoms with Crippen molar-refractivity contribution in [2.75, 3.05) is 37.8 Å². The maximum absolute atomic E-state index is 12.5. The molecule has 3 heterocycles. The van der Waals surface area contributed by atoms with Gasteiger partial charge in [-0.25, -0.2) is 19.3 Å². The first-order chi connectivity index (χ1) is 25.6. The minimum absolute atomic E-state index is 0.0204. The predicted octanol–water partition coefficient (Wildman–Crippen LogP) is -2.51. The van der Waals surface area contributed by atoms with Crippen LogP contribution < -0.4 is 35.9 Å². The highest BCUT2D eigenvalue weighted by Crippen LogP contribution is 2.56. The van der Waals surface area contributed by atoms with Crippen LogP contribution in [-0.2, 0) is 50.7 Å². The summed E-state index contributed by atoms with van der Waals surface area (Å²) in [6.45, 7) is 1.96. The summed E-state index contributed by atoms with van der Waals surface area (Å²) in [4.78, 5) is 95.6. The zero-order valence-electron chi connectivity index (χ0n) is 29.5. The molecule has 55 heavy (non-hydrogen) atoms. The van der Waals surface area contributed by atoms with E-state index in [1.165, 1.54) is 13.8 Å². The first-order valence-electron chi connectivity index (χ1n) is 16.1. The number of phosphoric acid groups is 3. The Morgan fingerprint density at radius 3 is 2.45 bits per heavy atom. The Balaban J connectivity index is 1.49. The van der Waals surface area contributed by atoms with E-state index in [4.69, 9.17) is 10.5 Å². The van der Waals surface area contributed by atoms with Crippen LogP contribution in [0.3, 0.4) is 0 Å². The maximum atomic E-state index is 12.5. The molecular formula is C27H40N7O17P3S-4. The third kappa shape index (κ3) is 14.6. The van der Waals surface area contributed by atoms with Crippen LogP contribution in [0.15, 0.2) is 24.8 Å². The standard InChI is InChI=1S/C27H44N7O17P3S/c1-4-5-6-7-18(36)55-11-10-29-17(35)8-9-30-25(39)22(38)27(2,3)13-48-54(45,46)51-53(43,44)47-12-16-21(50-52(40,41)42)20(37)26(49-16)34-15-33-19-23(28)31-14-32-24(19)34/h4-5,14-16,20-22,26,37-38H,6-13H2,1-3H3,(H,29,35)(H,30,39)(H,43,44)(H,45,46)(H2,28,31,32)(H2,40,41,42)/p-4/b5-4+/t16-,20-,21-,22+,26-/m1/s1. The van der Waals surface area contributed by atoms with Crippen molar-refractivity contribution in [3.05, 3.63) is 24.8 Å². The van der Waals surface area contributed by atoms with Crippen LogP contribution in [0.4, 0.5) is 5.82 Å². The summed E-state index contributed by atoms with van der Waals surface area (Å²) in [5, 5.41) is 26.1. The molecule has 310 valence electrons. The van der Waals surface area contributed by atoms with Gasteiger partial charge in [0.1, 0.15) is 36.3 Å². The number of aliphatic hydroxyl groups is 2. The molecule has 3 rings (SSSR count). The van der Waals surface area contributed by atoms with Gasteiger partial charge < -0.3 is 69.0 Å². The summed E-state index contributed by atoms with van der Waals surface area (Å²) in [6, 6.07) is 0. The number of phosphoric ester groups is 3. The summed E-state index contributed by atoms with van der Waals surface area (Å²) in [6.07, 6.45) is -2.87. The number of nitrogen functional groups attached to an aromatic ring is 1. The molecule has 2 aromatic heterocycles. The lowest BCUT2D eigenvalue weighted by molar-refractivity contribution is -0.347. The molecule has 0 radical (unpaired) electrons. The summed E-state index contributed by atoms with van der Waals surface area (Å²) in [5.41, 5.74) is 4.07. The number of hydrogen-bond acceptors (Lipinski definition) is 22. The summed E-state index contributed by atoms with van der Waals surface area (Å²) >= 11 is 1.08. The molecule has 7 atom stereocenters. The van der Waals surface area contributed by atoms with Gasteiger partial charge >= 0.3 is 0 Å². The number of nitrogens with two attached hydrogens (primary N) is 1. The lowest BCUT2D eigenvalue weighted by Crippen LogP contribution is -2.46. The fraction of sp³-hybridized carbons (Fsp3) is 0.630. The summed E-state index contributed by atoms with van der Waals surface area (Å²) < 4.78 is 60.4. The molecule has 0 aliphatic carbocycles. The molecule has 6 N–H and O–H groups in total. The first-order valence-corrected chi connectivity index (χ1v) is 21.5. The number of fused-ring (bicyclic) bond motifs is 1. The zero-order valence-corrected chi connectivity index (χ0v) is 33.0. The van der Waals surface area contributed by atoms with Crippen molar-refractivity contribution in [3.63, 3.8) is 0 Å². The second kappa shape index (κ2) is 20.1. The third-order valence-electron chi connectivity index (χ3n) is 7.49. The normalized spacial score (nSPS) is 22.0. The number of rotatable bonds is 22. The van der Waals surface area contributed by atoms with E-state index in [0.29, 0.717) is 18.6 Å². The fourth-order valence-corrected chi connectivity index (χ4v) is 8.14. The SMILES string of the molecule is C/C=C/CCC(=O)SCCNC(=O)CCNC(=O)[C@H](O)C(C)(C)COP(=O)([O-])OP(=O)([O-])OC[C@H]1O[C@@H](n2cnc3c(N)ncnc32)[C@H](O)[C@@H]1OP(=O)([O-])[O-]. The molecule has 1 saturated heterocycles. The van der Waals surface area contributed by atoms with Gasteiger partial charge in [0, 0.05) is 37.1 Å². The number of anilines is 1. The van der Waals surface area contributed by atoms with Crippen molar-refractivity contribution < 1.29 is 80.5 Å². The average Bonchev–Trinajstić information content (AvgIpc) is 3.64. The van der Waals surface area contributed by atoms with Crippen LogP contribution in [0, 0.1) is 5.41 Å². The van der Waals surface area contributed by atoms with Gasteiger partial charge in [0.25, 0.3) is 15.6 Å². The largest absolute Gasteiger partial charge is 0.790 e. The quantitative estimate of drug-likeness (QED) is 0.0464. The van der Waals surface area contributed by atoms with E-state index in [1.54, 1.807) is 0 Å². The predicted molar refractivity (Wildman–Crippen MR) is 182 cm³/mol. The highest BCUT2D eigenvalue weighted by Gasteiger charge is 2.47. The van der Waals surface area contributed by atoms with Gasteiger partial charge in [-0.3, -0.25) is 28.1 Å². The number of aromatic nitrogens is 4. The molecule has 1 aliphatic rings. The number of allylic oxidation sites excluding steroid dienone is 2. The Bertz CT molecular complexity index is 1830. The van der Waals surface area contributed by atoms with Crippen molar-refractivity contribution in [3.8, 4) is 0 Å². The number of aliphatic hydroxyl groups excluding tert-OH is 2. The van der Waals surface area contributed by atoms with Gasteiger partial charge in [-0.2, -0.15) is 0 Å². The van der Waals surface area contributed by atoms with Gasteiger partial charge in [0.15, 0.2) is 22.8 Å². The smallest absolute Gasteiger partial charge is 0.274 e. The Morgan fingerprint density at radius 2 is 1.78 bits per heavy atom. The van der Waals surface area contributed by atoms with E-state index in [2.05, 4.69) is 43.5 Å². The number of thioether (sulfide) groups is 1. The average molecular weight is 860 g/mol. The number of nitrogens with zero attached hydrogens (tertiary/aromatic N) is 4. The van der Waals surface area contributed by atoms with Crippen LogP contribution in [0.25, 0.3) is 11.2 Å². The number of ether oxygens (including phenoxy) is 1. The van der Waals surface area contributed by atoms with Crippen LogP contribution in [0.1, 0.15) is 46.3 Å². The monoisotopic (exact) mass is 859 g/mol. The Hall–Kier alpha value is -2.70. The molecule has 1 fully saturated rings. The van der Waals surface area contributed by atoms with Crippen LogP contribution in [0.2, 0.25) is 0 Å². The van der Waals surface area contributed by atoms with E-state index >= 15 is 0 Å². The molecule has 0 aromatic carbocycles. The number of nitrogens with one attached hydrogen (secondary N) is 2. The minimum Gasteiger partial charge on any atom is -0.790 e. The molecule has 1 aliphatic heterocycles. The van der Waals surface area contributed by atoms with Gasteiger partial charge in [-0.05, 0) is 13.3 Å². The molecule has 2 amide bonds. The van der Waals surface area contributed by atoms with Gasteiger partial charge in [-0.15, -0.1) is 0 Å². The van der Waals surface area contributed by atoms with Crippen molar-refractivity contribution >= 4 is 69.1 Å².